The molecule has 32 heavy (non-hydrogen) atoms. The van der Waals surface area contributed by atoms with Crippen molar-refractivity contribution in [2.24, 2.45) is 5.92 Å². The Hall–Kier alpha value is -3.68. The van der Waals surface area contributed by atoms with Crippen LogP contribution in [0.15, 0.2) is 42.5 Å². The molecule has 166 valence electrons. The van der Waals surface area contributed by atoms with Crippen molar-refractivity contribution in [2.75, 3.05) is 23.5 Å². The number of amides is 3. The lowest BCUT2D eigenvalue weighted by atomic mass is 10.1. The van der Waals surface area contributed by atoms with Gasteiger partial charge in [-0.2, -0.15) is 0 Å². The molecular weight excluding hydrogens is 412 g/mol. The van der Waals surface area contributed by atoms with E-state index in [1.807, 2.05) is 6.07 Å². The summed E-state index contributed by atoms with van der Waals surface area (Å²) in [7, 11) is 1.53. The normalized spacial score (nSPS) is 18.8. The number of benzene rings is 2. The van der Waals surface area contributed by atoms with Gasteiger partial charge >= 0.3 is 5.97 Å². The summed E-state index contributed by atoms with van der Waals surface area (Å²) in [6.45, 7) is 1.95. The third-order valence-corrected chi connectivity index (χ3v) is 5.74. The molecular formula is C24H24N2O6. The number of aryl methyl sites for hydroxylation is 1. The molecule has 2 aliphatic heterocycles. The van der Waals surface area contributed by atoms with Crippen LogP contribution in [0.5, 0.6) is 11.5 Å². The van der Waals surface area contributed by atoms with Gasteiger partial charge in [0.1, 0.15) is 11.5 Å². The quantitative estimate of drug-likeness (QED) is 0.406. The second-order valence-electron chi connectivity index (χ2n) is 7.92. The first-order valence-corrected chi connectivity index (χ1v) is 10.5. The van der Waals surface area contributed by atoms with Gasteiger partial charge in [0, 0.05) is 25.8 Å². The molecule has 0 N–H and O–H groups in total. The van der Waals surface area contributed by atoms with Crippen LogP contribution in [-0.4, -0.2) is 37.3 Å². The molecule has 2 fully saturated rings. The van der Waals surface area contributed by atoms with Gasteiger partial charge in [0.2, 0.25) is 17.7 Å². The van der Waals surface area contributed by atoms with E-state index in [-0.39, 0.29) is 30.7 Å². The minimum absolute atomic E-state index is 0.0464. The molecule has 0 unspecified atom stereocenters. The maximum atomic E-state index is 12.7. The molecule has 0 bridgehead atoms. The van der Waals surface area contributed by atoms with Crippen LogP contribution in [0.3, 0.4) is 0 Å². The number of hydrogen-bond donors (Lipinski definition) is 0. The zero-order valence-electron chi connectivity index (χ0n) is 18.0. The molecule has 2 aromatic rings. The molecule has 0 saturated carbocycles. The van der Waals surface area contributed by atoms with Crippen molar-refractivity contribution in [3.63, 3.8) is 0 Å². The fraction of sp³-hybridized carbons (Fsp3) is 0.333. The van der Waals surface area contributed by atoms with Crippen LogP contribution in [0, 0.1) is 12.8 Å². The monoisotopic (exact) mass is 436 g/mol. The average molecular weight is 436 g/mol. The van der Waals surface area contributed by atoms with Gasteiger partial charge in [-0.15, -0.1) is 0 Å². The van der Waals surface area contributed by atoms with Crippen LogP contribution in [0.2, 0.25) is 0 Å². The van der Waals surface area contributed by atoms with E-state index in [0.717, 1.165) is 0 Å². The summed E-state index contributed by atoms with van der Waals surface area (Å²) in [6.07, 6.45) is 1.28. The Morgan fingerprint density at radius 2 is 1.69 bits per heavy atom. The lowest BCUT2D eigenvalue weighted by Gasteiger charge is -2.26. The van der Waals surface area contributed by atoms with Crippen LogP contribution in [0.1, 0.15) is 31.2 Å². The van der Waals surface area contributed by atoms with Crippen molar-refractivity contribution in [3.8, 4) is 11.5 Å². The van der Waals surface area contributed by atoms with E-state index in [0.29, 0.717) is 47.7 Å². The number of para-hydroxylation sites is 2. The lowest BCUT2D eigenvalue weighted by molar-refractivity contribution is -0.139. The number of hydrogen-bond acceptors (Lipinski definition) is 6. The number of rotatable bonds is 5. The van der Waals surface area contributed by atoms with Gasteiger partial charge in [-0.25, -0.2) is 0 Å². The third-order valence-electron chi connectivity index (χ3n) is 5.74. The molecule has 2 heterocycles. The maximum Gasteiger partial charge on any atom is 0.316 e. The Kier molecular flexibility index (Phi) is 5.94. The van der Waals surface area contributed by atoms with Crippen molar-refractivity contribution >= 4 is 35.1 Å². The molecule has 1 atom stereocenters. The third kappa shape index (κ3) is 4.08. The molecule has 8 heteroatoms. The molecule has 2 aliphatic rings. The number of anilines is 2. The van der Waals surface area contributed by atoms with Crippen LogP contribution in [0.4, 0.5) is 11.4 Å². The highest BCUT2D eigenvalue weighted by molar-refractivity contribution is 6.16. The highest BCUT2D eigenvalue weighted by Gasteiger charge is 2.37. The first-order chi connectivity index (χ1) is 15.4. The number of imide groups is 1. The molecule has 0 aliphatic carbocycles. The number of ether oxygens (including phenoxy) is 2. The molecule has 2 aromatic carbocycles. The fourth-order valence-corrected chi connectivity index (χ4v) is 4.12. The Labute approximate surface area is 185 Å². The van der Waals surface area contributed by atoms with E-state index in [1.54, 1.807) is 43.3 Å². The van der Waals surface area contributed by atoms with E-state index in [9.17, 15) is 19.2 Å². The van der Waals surface area contributed by atoms with E-state index in [4.69, 9.17) is 9.47 Å². The number of nitrogens with zero attached hydrogens (tertiary/aromatic N) is 2. The summed E-state index contributed by atoms with van der Waals surface area (Å²) in [5.41, 5.74) is 1.77. The van der Waals surface area contributed by atoms with Gasteiger partial charge in [-0.05, 0) is 49.2 Å². The smallest absolute Gasteiger partial charge is 0.316 e. The lowest BCUT2D eigenvalue weighted by Crippen LogP contribution is -2.40. The number of methoxy groups -OCH3 is 1. The Bertz CT molecular complexity index is 1080. The summed E-state index contributed by atoms with van der Waals surface area (Å²) >= 11 is 0. The van der Waals surface area contributed by atoms with Crippen LogP contribution in [-0.2, 0) is 19.2 Å². The van der Waals surface area contributed by atoms with Gasteiger partial charge in [0.15, 0.2) is 0 Å². The summed E-state index contributed by atoms with van der Waals surface area (Å²) in [5.74, 6) is -0.889. The Balaban J connectivity index is 1.46. The predicted octanol–water partition coefficient (Wildman–Crippen LogP) is 3.01. The predicted molar refractivity (Wildman–Crippen MR) is 117 cm³/mol. The van der Waals surface area contributed by atoms with Crippen LogP contribution >= 0.6 is 0 Å². The van der Waals surface area contributed by atoms with Crippen molar-refractivity contribution in [1.82, 2.24) is 0 Å². The molecule has 2 saturated heterocycles. The highest BCUT2D eigenvalue weighted by atomic mass is 16.5. The highest BCUT2D eigenvalue weighted by Crippen LogP contribution is 2.34. The summed E-state index contributed by atoms with van der Waals surface area (Å²) in [5, 5.41) is 0. The zero-order valence-corrected chi connectivity index (χ0v) is 18.0. The van der Waals surface area contributed by atoms with E-state index < -0.39 is 11.9 Å². The first-order valence-electron chi connectivity index (χ1n) is 10.5. The minimum atomic E-state index is -0.613. The van der Waals surface area contributed by atoms with Crippen LogP contribution < -0.4 is 19.3 Å². The summed E-state index contributed by atoms with van der Waals surface area (Å²) < 4.78 is 10.9. The van der Waals surface area contributed by atoms with E-state index in [2.05, 4.69) is 0 Å². The van der Waals surface area contributed by atoms with E-state index in [1.165, 1.54) is 16.9 Å². The zero-order chi connectivity index (χ0) is 22.8. The van der Waals surface area contributed by atoms with Gasteiger partial charge in [0.05, 0.1) is 24.4 Å². The van der Waals surface area contributed by atoms with Crippen LogP contribution in [0.25, 0.3) is 0 Å². The fourth-order valence-electron chi connectivity index (χ4n) is 4.12. The molecule has 4 rings (SSSR count). The number of carbonyl (C=O) groups excluding carboxylic acids is 4. The summed E-state index contributed by atoms with van der Waals surface area (Å²) in [4.78, 5) is 52.4. The molecule has 3 amide bonds. The SMILES string of the molecule is COc1ccccc1N1C[C@@H](C(=O)Oc2ccc(N3C(=O)CCCC3=O)c(C)c2)CC1=O. The van der Waals surface area contributed by atoms with Gasteiger partial charge in [-0.1, -0.05) is 12.1 Å². The Morgan fingerprint density at radius 1 is 0.969 bits per heavy atom. The Morgan fingerprint density at radius 3 is 2.38 bits per heavy atom. The second kappa shape index (κ2) is 8.82. The van der Waals surface area contributed by atoms with Crippen molar-refractivity contribution in [3.05, 3.63) is 48.0 Å². The topological polar surface area (TPSA) is 93.2 Å². The molecule has 0 spiro atoms. The molecule has 0 radical (unpaired) electrons. The number of piperidine rings is 1. The minimum Gasteiger partial charge on any atom is -0.495 e. The van der Waals surface area contributed by atoms with Crippen molar-refractivity contribution in [2.45, 2.75) is 32.6 Å². The molecule has 0 aromatic heterocycles. The number of carbonyl (C=O) groups is 4. The number of esters is 1. The van der Waals surface area contributed by atoms with Gasteiger partial charge < -0.3 is 14.4 Å². The second-order valence-corrected chi connectivity index (χ2v) is 7.92. The van der Waals surface area contributed by atoms with Crippen molar-refractivity contribution in [1.29, 1.82) is 0 Å². The van der Waals surface area contributed by atoms with Gasteiger partial charge in [0.25, 0.3) is 0 Å². The maximum absolute atomic E-state index is 12.7. The first kappa shape index (κ1) is 21.5. The summed E-state index contributed by atoms with van der Waals surface area (Å²) in [6, 6.07) is 11.9. The largest absolute Gasteiger partial charge is 0.495 e. The standard InChI is InChI=1S/C24H24N2O6/c1-15-12-17(10-11-18(15)26-21(27)8-5-9-22(26)28)32-24(30)16-13-23(29)25(14-16)19-6-3-4-7-20(19)31-2/h3-4,6-7,10-12,16H,5,8-9,13-14H2,1-2H3/t16-/m0/s1. The average Bonchev–Trinajstić information content (AvgIpc) is 3.16. The van der Waals surface area contributed by atoms with Gasteiger partial charge in [-0.3, -0.25) is 24.1 Å². The van der Waals surface area contributed by atoms with E-state index >= 15 is 0 Å². The van der Waals surface area contributed by atoms with Crippen molar-refractivity contribution < 1.29 is 28.7 Å². The molecule has 8 nitrogen and oxygen atoms in total.